The maximum absolute atomic E-state index is 11.7. The van der Waals surface area contributed by atoms with Crippen molar-refractivity contribution in [3.63, 3.8) is 0 Å². The normalized spacial score (nSPS) is 13.7. The number of benzene rings is 1. The molecular formula is C16H24N2O2S. The second-order valence-corrected chi connectivity index (χ2v) is 7.98. The van der Waals surface area contributed by atoms with E-state index < -0.39 is 9.84 Å². The Balaban J connectivity index is 2.22. The standard InChI is InChI=1S/C16H24N2O2S/c1-3-15(17)11-13-5-6-14-7-8-18(16(14)12-13)9-10-21(19,20)4-2/h5-8,12,15H,3-4,9-11,17H2,1-2H3. The molecule has 2 rings (SSSR count). The first-order chi connectivity index (χ1) is 9.95. The summed E-state index contributed by atoms with van der Waals surface area (Å²) in [6.45, 7) is 4.28. The Morgan fingerprint density at radius 1 is 1.24 bits per heavy atom. The van der Waals surface area contributed by atoms with Gasteiger partial charge in [0.05, 0.1) is 5.75 Å². The fourth-order valence-corrected chi connectivity index (χ4v) is 3.14. The van der Waals surface area contributed by atoms with E-state index in [0.29, 0.717) is 6.54 Å². The number of sulfone groups is 1. The fourth-order valence-electron chi connectivity index (χ4n) is 2.38. The molecule has 4 nitrogen and oxygen atoms in total. The van der Waals surface area contributed by atoms with Crippen molar-refractivity contribution in [3.05, 3.63) is 36.0 Å². The molecule has 1 aromatic heterocycles. The third-order valence-electron chi connectivity index (χ3n) is 3.94. The molecular weight excluding hydrogens is 284 g/mol. The molecule has 0 saturated heterocycles. The topological polar surface area (TPSA) is 65.1 Å². The molecule has 2 N–H and O–H groups in total. The summed E-state index contributed by atoms with van der Waals surface area (Å²) >= 11 is 0. The van der Waals surface area contributed by atoms with E-state index in [1.807, 2.05) is 16.8 Å². The Morgan fingerprint density at radius 2 is 2.00 bits per heavy atom. The minimum Gasteiger partial charge on any atom is -0.346 e. The van der Waals surface area contributed by atoms with Crippen LogP contribution in [-0.4, -0.2) is 30.5 Å². The molecule has 1 heterocycles. The van der Waals surface area contributed by atoms with Crippen molar-refractivity contribution < 1.29 is 8.42 Å². The molecule has 0 fully saturated rings. The highest BCUT2D eigenvalue weighted by Gasteiger charge is 2.10. The van der Waals surface area contributed by atoms with Gasteiger partial charge < -0.3 is 10.3 Å². The van der Waals surface area contributed by atoms with E-state index in [1.165, 1.54) is 5.56 Å². The minimum absolute atomic E-state index is 0.173. The second kappa shape index (κ2) is 6.62. The fraction of sp³-hybridized carbons (Fsp3) is 0.500. The number of nitrogens with two attached hydrogens (primary N) is 1. The average molecular weight is 308 g/mol. The molecule has 0 aliphatic rings. The van der Waals surface area contributed by atoms with E-state index in [9.17, 15) is 8.42 Å². The smallest absolute Gasteiger partial charge is 0.151 e. The van der Waals surface area contributed by atoms with E-state index in [0.717, 1.165) is 23.7 Å². The zero-order chi connectivity index (χ0) is 15.5. The molecule has 0 bridgehead atoms. The number of nitrogens with zero attached hydrogens (tertiary/aromatic N) is 1. The van der Waals surface area contributed by atoms with E-state index in [-0.39, 0.29) is 17.5 Å². The van der Waals surface area contributed by atoms with Crippen molar-refractivity contribution in [3.8, 4) is 0 Å². The Bertz CT molecular complexity index is 704. The van der Waals surface area contributed by atoms with E-state index >= 15 is 0 Å². The Hall–Kier alpha value is -1.33. The SMILES string of the molecule is CCC(N)Cc1ccc2ccn(CCS(=O)(=O)CC)c2c1. The molecule has 116 valence electrons. The van der Waals surface area contributed by atoms with Crippen LogP contribution in [0.25, 0.3) is 10.9 Å². The zero-order valence-electron chi connectivity index (χ0n) is 12.7. The highest BCUT2D eigenvalue weighted by molar-refractivity contribution is 7.91. The first kappa shape index (κ1) is 16.0. The minimum atomic E-state index is -2.94. The van der Waals surface area contributed by atoms with Crippen LogP contribution in [0.4, 0.5) is 0 Å². The van der Waals surface area contributed by atoms with Crippen LogP contribution in [0, 0.1) is 0 Å². The monoisotopic (exact) mass is 308 g/mol. The molecule has 0 radical (unpaired) electrons. The van der Waals surface area contributed by atoms with Crippen LogP contribution < -0.4 is 5.73 Å². The summed E-state index contributed by atoms with van der Waals surface area (Å²) in [7, 11) is -2.94. The van der Waals surface area contributed by atoms with E-state index in [4.69, 9.17) is 5.73 Å². The van der Waals surface area contributed by atoms with Gasteiger partial charge in [-0.15, -0.1) is 0 Å². The molecule has 0 aliphatic heterocycles. The summed E-state index contributed by atoms with van der Waals surface area (Å²) in [6.07, 6.45) is 3.76. The number of rotatable bonds is 7. The summed E-state index contributed by atoms with van der Waals surface area (Å²) < 4.78 is 25.3. The van der Waals surface area contributed by atoms with Crippen molar-refractivity contribution in [1.82, 2.24) is 4.57 Å². The summed E-state index contributed by atoms with van der Waals surface area (Å²) in [5, 5.41) is 1.14. The number of aromatic nitrogens is 1. The van der Waals surface area contributed by atoms with Gasteiger partial charge in [-0.2, -0.15) is 0 Å². The number of hydrogen-bond acceptors (Lipinski definition) is 3. The lowest BCUT2D eigenvalue weighted by molar-refractivity contribution is 0.591. The highest BCUT2D eigenvalue weighted by atomic mass is 32.2. The van der Waals surface area contributed by atoms with Crippen LogP contribution in [0.15, 0.2) is 30.5 Å². The molecule has 0 saturated carbocycles. The first-order valence-corrected chi connectivity index (χ1v) is 9.31. The van der Waals surface area contributed by atoms with Crippen LogP contribution in [-0.2, 0) is 22.8 Å². The molecule has 2 aromatic rings. The second-order valence-electron chi connectivity index (χ2n) is 5.51. The van der Waals surface area contributed by atoms with Crippen LogP contribution in [0.5, 0.6) is 0 Å². The van der Waals surface area contributed by atoms with Crippen molar-refractivity contribution >= 4 is 20.7 Å². The highest BCUT2D eigenvalue weighted by Crippen LogP contribution is 2.19. The molecule has 0 spiro atoms. The molecule has 5 heteroatoms. The third kappa shape index (κ3) is 4.08. The van der Waals surface area contributed by atoms with Gasteiger partial charge in [-0.3, -0.25) is 0 Å². The number of aryl methyl sites for hydroxylation is 1. The van der Waals surface area contributed by atoms with Gasteiger partial charge in [0, 0.05) is 30.1 Å². The molecule has 0 amide bonds. The summed E-state index contributed by atoms with van der Waals surface area (Å²) in [5.74, 6) is 0.384. The largest absolute Gasteiger partial charge is 0.346 e. The maximum atomic E-state index is 11.7. The van der Waals surface area contributed by atoms with Gasteiger partial charge in [0.15, 0.2) is 9.84 Å². The van der Waals surface area contributed by atoms with Gasteiger partial charge in [0.25, 0.3) is 0 Å². The predicted molar refractivity (Wildman–Crippen MR) is 88.2 cm³/mol. The number of hydrogen-bond donors (Lipinski definition) is 1. The van der Waals surface area contributed by atoms with Crippen molar-refractivity contribution in [2.75, 3.05) is 11.5 Å². The lowest BCUT2D eigenvalue weighted by atomic mass is 10.0. The zero-order valence-corrected chi connectivity index (χ0v) is 13.6. The summed E-state index contributed by atoms with van der Waals surface area (Å²) in [4.78, 5) is 0. The van der Waals surface area contributed by atoms with Crippen molar-refractivity contribution in [1.29, 1.82) is 0 Å². The lowest BCUT2D eigenvalue weighted by Crippen LogP contribution is -2.21. The Morgan fingerprint density at radius 3 is 2.67 bits per heavy atom. The third-order valence-corrected chi connectivity index (χ3v) is 5.63. The van der Waals surface area contributed by atoms with Gasteiger partial charge in [0.1, 0.15) is 0 Å². The quantitative estimate of drug-likeness (QED) is 0.854. The van der Waals surface area contributed by atoms with Gasteiger partial charge in [-0.25, -0.2) is 8.42 Å². The number of fused-ring (bicyclic) bond motifs is 1. The Labute approximate surface area is 126 Å². The summed E-state index contributed by atoms with van der Waals surface area (Å²) in [6, 6.07) is 8.51. The van der Waals surface area contributed by atoms with Crippen LogP contribution in [0.2, 0.25) is 0 Å². The van der Waals surface area contributed by atoms with E-state index in [1.54, 1.807) is 6.92 Å². The first-order valence-electron chi connectivity index (χ1n) is 7.49. The molecule has 1 unspecified atom stereocenters. The van der Waals surface area contributed by atoms with Gasteiger partial charge in [-0.1, -0.05) is 26.0 Å². The predicted octanol–water partition coefficient (Wildman–Crippen LogP) is 2.36. The lowest BCUT2D eigenvalue weighted by Gasteiger charge is -2.10. The molecule has 21 heavy (non-hydrogen) atoms. The average Bonchev–Trinajstić information content (AvgIpc) is 2.87. The van der Waals surface area contributed by atoms with Gasteiger partial charge in [0.2, 0.25) is 0 Å². The summed E-state index contributed by atoms with van der Waals surface area (Å²) in [5.41, 5.74) is 8.30. The van der Waals surface area contributed by atoms with Crippen LogP contribution >= 0.6 is 0 Å². The maximum Gasteiger partial charge on any atom is 0.151 e. The van der Waals surface area contributed by atoms with Crippen LogP contribution in [0.3, 0.4) is 0 Å². The van der Waals surface area contributed by atoms with Gasteiger partial charge in [-0.05, 0) is 35.9 Å². The van der Waals surface area contributed by atoms with Crippen LogP contribution in [0.1, 0.15) is 25.8 Å². The molecule has 1 atom stereocenters. The molecule has 0 aliphatic carbocycles. The molecule has 1 aromatic carbocycles. The van der Waals surface area contributed by atoms with Crippen molar-refractivity contribution in [2.45, 2.75) is 39.3 Å². The van der Waals surface area contributed by atoms with Gasteiger partial charge >= 0.3 is 0 Å². The van der Waals surface area contributed by atoms with E-state index in [2.05, 4.69) is 25.1 Å². The van der Waals surface area contributed by atoms with Crippen molar-refractivity contribution in [2.24, 2.45) is 5.73 Å². The Kier molecular flexibility index (Phi) is 5.06.